The van der Waals surface area contributed by atoms with Gasteiger partial charge in [-0.15, -0.1) is 0 Å². The van der Waals surface area contributed by atoms with Gasteiger partial charge in [-0.05, 0) is 41.8 Å². The zero-order valence-corrected chi connectivity index (χ0v) is 17.3. The van der Waals surface area contributed by atoms with Crippen LogP contribution in [0.25, 0.3) is 0 Å². The van der Waals surface area contributed by atoms with Crippen molar-refractivity contribution < 1.29 is 22.7 Å². The van der Waals surface area contributed by atoms with Crippen LogP contribution in [-0.2, 0) is 27.9 Å². The third-order valence-electron chi connectivity index (χ3n) is 4.50. The fourth-order valence-corrected chi connectivity index (χ4v) is 4.58. The first-order valence-electron chi connectivity index (χ1n) is 9.14. The number of carbonyl (C=O) groups excluding carboxylic acids is 1. The Hall–Kier alpha value is -2.38. The van der Waals surface area contributed by atoms with E-state index in [0.29, 0.717) is 30.6 Å². The summed E-state index contributed by atoms with van der Waals surface area (Å²) in [5.74, 6) is 1.40. The fraction of sp³-hybridized carbons (Fsp3) is 0.381. The summed E-state index contributed by atoms with van der Waals surface area (Å²) in [7, 11) is -0.644. The predicted molar refractivity (Wildman–Crippen MR) is 109 cm³/mol. The van der Waals surface area contributed by atoms with Crippen molar-refractivity contribution in [3.05, 3.63) is 59.7 Å². The highest BCUT2D eigenvalue weighted by atomic mass is 32.2. The molecule has 2 rings (SSSR count). The van der Waals surface area contributed by atoms with Crippen LogP contribution in [0.3, 0.4) is 0 Å². The van der Waals surface area contributed by atoms with Gasteiger partial charge in [0.05, 0.1) is 14.2 Å². The molecule has 6 nitrogen and oxygen atoms in total. The molecule has 7 heteroatoms. The van der Waals surface area contributed by atoms with Gasteiger partial charge < -0.3 is 14.3 Å². The van der Waals surface area contributed by atoms with Crippen molar-refractivity contribution in [1.29, 1.82) is 0 Å². The third-order valence-corrected chi connectivity index (χ3v) is 6.59. The number of hydrogen-bond acceptors (Lipinski definition) is 5. The molecule has 0 amide bonds. The molecule has 0 aliphatic rings. The number of aldehydes is 1. The van der Waals surface area contributed by atoms with E-state index in [1.807, 2.05) is 31.2 Å². The number of sulfonamides is 1. The molecule has 0 fully saturated rings. The first-order valence-corrected chi connectivity index (χ1v) is 10.6. The summed E-state index contributed by atoms with van der Waals surface area (Å²) in [6, 6.07) is 14.5. The van der Waals surface area contributed by atoms with Crippen molar-refractivity contribution in [2.45, 2.75) is 38.1 Å². The highest BCUT2D eigenvalue weighted by Gasteiger charge is 2.31. The van der Waals surface area contributed by atoms with E-state index in [1.165, 1.54) is 4.31 Å². The van der Waals surface area contributed by atoms with E-state index in [2.05, 4.69) is 0 Å². The minimum absolute atomic E-state index is 0.173. The lowest BCUT2D eigenvalue weighted by Gasteiger charge is -2.25. The third kappa shape index (κ3) is 5.56. The number of benzene rings is 2. The van der Waals surface area contributed by atoms with Crippen molar-refractivity contribution in [3.63, 3.8) is 0 Å². The first kappa shape index (κ1) is 21.9. The van der Waals surface area contributed by atoms with Crippen LogP contribution < -0.4 is 9.47 Å². The van der Waals surface area contributed by atoms with E-state index in [9.17, 15) is 13.2 Å². The molecule has 0 aromatic heterocycles. The van der Waals surface area contributed by atoms with Crippen molar-refractivity contribution in [3.8, 4) is 11.5 Å². The molecule has 0 N–H and O–H groups in total. The highest BCUT2D eigenvalue weighted by molar-refractivity contribution is 7.90. The van der Waals surface area contributed by atoms with E-state index in [4.69, 9.17) is 9.47 Å². The van der Waals surface area contributed by atoms with Gasteiger partial charge in [-0.3, -0.25) is 0 Å². The van der Waals surface area contributed by atoms with Gasteiger partial charge in [0, 0.05) is 13.1 Å². The Kier molecular flexibility index (Phi) is 8.02. The second-order valence-corrected chi connectivity index (χ2v) is 8.62. The Morgan fingerprint density at radius 1 is 0.893 bits per heavy atom. The molecule has 0 saturated carbocycles. The van der Waals surface area contributed by atoms with Crippen LogP contribution >= 0.6 is 0 Å². The van der Waals surface area contributed by atoms with E-state index >= 15 is 0 Å². The summed E-state index contributed by atoms with van der Waals surface area (Å²) >= 11 is 0. The maximum Gasteiger partial charge on any atom is 0.224 e. The second kappa shape index (κ2) is 10.2. The number of ether oxygens (including phenoxy) is 2. The van der Waals surface area contributed by atoms with Gasteiger partial charge in [0.15, 0.2) is 0 Å². The lowest BCUT2D eigenvalue weighted by molar-refractivity contribution is -0.107. The van der Waals surface area contributed by atoms with Crippen molar-refractivity contribution >= 4 is 16.3 Å². The Labute approximate surface area is 167 Å². The minimum atomic E-state index is -3.80. The summed E-state index contributed by atoms with van der Waals surface area (Å²) in [5, 5.41) is -1.05. The van der Waals surface area contributed by atoms with Crippen molar-refractivity contribution in [2.75, 3.05) is 14.2 Å². The van der Waals surface area contributed by atoms with Crippen LogP contribution in [0, 0.1) is 0 Å². The van der Waals surface area contributed by atoms with Crippen LogP contribution in [0.1, 0.15) is 30.9 Å². The van der Waals surface area contributed by atoms with E-state index in [0.717, 1.165) is 11.1 Å². The van der Waals surface area contributed by atoms with Crippen LogP contribution in [0.15, 0.2) is 48.5 Å². The summed E-state index contributed by atoms with van der Waals surface area (Å²) in [6.45, 7) is 2.21. The first-order chi connectivity index (χ1) is 13.4. The molecular weight excluding hydrogens is 378 g/mol. The monoisotopic (exact) mass is 405 g/mol. The number of carbonyl (C=O) groups is 1. The van der Waals surface area contributed by atoms with Crippen LogP contribution in [0.4, 0.5) is 0 Å². The zero-order valence-electron chi connectivity index (χ0n) is 16.5. The van der Waals surface area contributed by atoms with E-state index < -0.39 is 15.3 Å². The number of nitrogens with zero attached hydrogens (tertiary/aromatic N) is 1. The highest BCUT2D eigenvalue weighted by Crippen LogP contribution is 2.22. The Bertz CT molecular complexity index is 798. The number of methoxy groups -OCH3 is 2. The molecule has 2 aromatic rings. The molecule has 0 spiro atoms. The summed E-state index contributed by atoms with van der Waals surface area (Å²) in [5.41, 5.74) is 1.64. The maximum atomic E-state index is 13.2. The quantitative estimate of drug-likeness (QED) is 0.536. The number of rotatable bonds is 11. The molecule has 0 saturated heterocycles. The molecule has 152 valence electrons. The molecule has 0 aliphatic heterocycles. The normalized spacial score (nSPS) is 12.6. The number of hydrogen-bond donors (Lipinski definition) is 0. The maximum absolute atomic E-state index is 13.2. The summed E-state index contributed by atoms with van der Waals surface area (Å²) in [6.07, 6.45) is 1.45. The zero-order chi connectivity index (χ0) is 20.6. The van der Waals surface area contributed by atoms with Crippen LogP contribution in [0.5, 0.6) is 11.5 Å². The molecule has 0 bridgehead atoms. The van der Waals surface area contributed by atoms with Gasteiger partial charge in [-0.2, -0.15) is 4.31 Å². The average Bonchev–Trinajstić information content (AvgIpc) is 2.72. The SMILES string of the molecule is CCC[C@@H](C=O)S(=O)(=O)N(Cc1ccc(OC)cc1)Cc1ccc(OC)cc1. The molecule has 1 atom stereocenters. The fourth-order valence-electron chi connectivity index (χ4n) is 2.87. The van der Waals surface area contributed by atoms with Crippen molar-refractivity contribution in [1.82, 2.24) is 4.31 Å². The molecule has 28 heavy (non-hydrogen) atoms. The Morgan fingerprint density at radius 2 is 1.32 bits per heavy atom. The molecule has 0 aliphatic carbocycles. The average molecular weight is 406 g/mol. The van der Waals surface area contributed by atoms with Crippen molar-refractivity contribution in [2.24, 2.45) is 0 Å². The largest absolute Gasteiger partial charge is 0.497 e. The van der Waals surface area contributed by atoms with Crippen LogP contribution in [0.2, 0.25) is 0 Å². The van der Waals surface area contributed by atoms with Gasteiger partial charge in [0.1, 0.15) is 23.0 Å². The standard InChI is InChI=1S/C21H27NO5S/c1-4-5-21(16-23)28(24,25)22(14-17-6-10-19(26-2)11-7-17)15-18-8-12-20(27-3)13-9-18/h6-13,16,21H,4-5,14-15H2,1-3H3/t21-/m0/s1. The minimum Gasteiger partial charge on any atom is -0.497 e. The topological polar surface area (TPSA) is 72.9 Å². The molecule has 0 heterocycles. The summed E-state index contributed by atoms with van der Waals surface area (Å²) < 4.78 is 38.0. The summed E-state index contributed by atoms with van der Waals surface area (Å²) in [4.78, 5) is 11.5. The predicted octanol–water partition coefficient (Wildman–Crippen LogP) is 3.40. The smallest absolute Gasteiger partial charge is 0.224 e. The Morgan fingerprint density at radius 3 is 1.64 bits per heavy atom. The lowest BCUT2D eigenvalue weighted by Crippen LogP contribution is -2.38. The van der Waals surface area contributed by atoms with Crippen LogP contribution in [-0.4, -0.2) is 38.5 Å². The Balaban J connectivity index is 2.33. The molecule has 2 aromatic carbocycles. The van der Waals surface area contributed by atoms with Gasteiger partial charge >= 0.3 is 0 Å². The molecular formula is C21H27NO5S. The van der Waals surface area contributed by atoms with Gasteiger partial charge in [0.25, 0.3) is 0 Å². The van der Waals surface area contributed by atoms with Gasteiger partial charge in [-0.1, -0.05) is 37.6 Å². The second-order valence-electron chi connectivity index (χ2n) is 6.47. The van der Waals surface area contributed by atoms with E-state index in [-0.39, 0.29) is 13.1 Å². The van der Waals surface area contributed by atoms with Gasteiger partial charge in [-0.25, -0.2) is 8.42 Å². The molecule has 0 radical (unpaired) electrons. The molecule has 0 unspecified atom stereocenters. The lowest BCUT2D eigenvalue weighted by atomic mass is 10.2. The van der Waals surface area contributed by atoms with E-state index in [1.54, 1.807) is 38.5 Å². The van der Waals surface area contributed by atoms with Gasteiger partial charge in [0.2, 0.25) is 10.0 Å².